The number of carbonyl (C=O) groups is 1. The molecule has 0 aliphatic heterocycles. The maximum Gasteiger partial charge on any atom is 0.573 e. The summed E-state index contributed by atoms with van der Waals surface area (Å²) in [7, 11) is -4.12. The molecule has 4 rings (SSSR count). The number of benzene rings is 2. The van der Waals surface area contributed by atoms with Crippen LogP contribution in [0.3, 0.4) is 0 Å². The van der Waals surface area contributed by atoms with E-state index in [9.17, 15) is 30.8 Å². The maximum atomic E-state index is 13.5. The van der Waals surface area contributed by atoms with Crippen LogP contribution < -0.4 is 14.4 Å². The maximum absolute atomic E-state index is 13.5. The second-order valence-electron chi connectivity index (χ2n) is 10.1. The quantitative estimate of drug-likeness (QED) is 0.242. The van der Waals surface area contributed by atoms with Crippen molar-refractivity contribution in [2.75, 3.05) is 11.4 Å². The largest absolute Gasteiger partial charge is 0.573 e. The van der Waals surface area contributed by atoms with Crippen LogP contribution in [0.1, 0.15) is 65.0 Å². The van der Waals surface area contributed by atoms with Crippen molar-refractivity contribution in [3.8, 4) is 5.75 Å². The van der Waals surface area contributed by atoms with E-state index >= 15 is 0 Å². The van der Waals surface area contributed by atoms with Crippen LogP contribution in [0.5, 0.6) is 5.75 Å². The van der Waals surface area contributed by atoms with E-state index in [2.05, 4.69) is 9.72 Å². The highest BCUT2D eigenvalue weighted by Gasteiger charge is 2.31. The lowest BCUT2D eigenvalue weighted by Crippen LogP contribution is -2.32. The number of aromatic nitrogens is 1. The van der Waals surface area contributed by atoms with Crippen LogP contribution in [-0.4, -0.2) is 32.2 Å². The van der Waals surface area contributed by atoms with Gasteiger partial charge in [-0.15, -0.1) is 24.5 Å². The first-order chi connectivity index (χ1) is 19.4. The van der Waals surface area contributed by atoms with Crippen LogP contribution in [0.25, 0.3) is 0 Å². The number of sulfonamides is 1. The Labute approximate surface area is 240 Å². The molecule has 0 saturated heterocycles. The van der Waals surface area contributed by atoms with Crippen LogP contribution in [0.4, 0.5) is 22.7 Å². The summed E-state index contributed by atoms with van der Waals surface area (Å²) in [4.78, 5) is 19.9. The van der Waals surface area contributed by atoms with Crippen molar-refractivity contribution in [2.45, 2.75) is 64.1 Å². The minimum atomic E-state index is -4.78. The van der Waals surface area contributed by atoms with Crippen LogP contribution in [0.15, 0.2) is 48.5 Å². The molecule has 1 saturated carbocycles. The summed E-state index contributed by atoms with van der Waals surface area (Å²) < 4.78 is 82.4. The molecule has 0 atom stereocenters. The molecule has 1 aromatic heterocycles. The second kappa shape index (κ2) is 13.2. The van der Waals surface area contributed by atoms with Gasteiger partial charge in [0.2, 0.25) is 10.0 Å². The lowest BCUT2D eigenvalue weighted by molar-refractivity contribution is -0.274. The minimum Gasteiger partial charge on any atom is -0.406 e. The molecule has 1 heterocycles. The van der Waals surface area contributed by atoms with E-state index in [-0.39, 0.29) is 17.0 Å². The van der Waals surface area contributed by atoms with Gasteiger partial charge in [-0.05, 0) is 54.7 Å². The van der Waals surface area contributed by atoms with Gasteiger partial charge in [0.15, 0.2) is 5.13 Å². The molecule has 7 nitrogen and oxygen atoms in total. The number of thiazole rings is 1. The third kappa shape index (κ3) is 9.42. The predicted octanol–water partition coefficient (Wildman–Crippen LogP) is 6.73. The number of nitrogens with one attached hydrogen (secondary N) is 1. The molecule has 0 unspecified atom stereocenters. The van der Waals surface area contributed by atoms with Gasteiger partial charge in [0.05, 0.1) is 5.75 Å². The molecular weight excluding hydrogens is 582 g/mol. The number of alkyl halides is 3. The smallest absolute Gasteiger partial charge is 0.406 e. The van der Waals surface area contributed by atoms with Gasteiger partial charge >= 0.3 is 6.36 Å². The van der Waals surface area contributed by atoms with Gasteiger partial charge in [0.1, 0.15) is 17.3 Å². The molecule has 1 aliphatic carbocycles. The summed E-state index contributed by atoms with van der Waals surface area (Å²) in [5.41, 5.74) is 0.880. The summed E-state index contributed by atoms with van der Waals surface area (Å²) >= 11 is 1.24. The van der Waals surface area contributed by atoms with E-state index < -0.39 is 33.9 Å². The highest BCUT2D eigenvalue weighted by molar-refractivity contribution is 7.89. The average Bonchev–Trinajstić information content (AvgIpc) is 3.28. The molecule has 1 N–H and O–H groups in total. The van der Waals surface area contributed by atoms with Crippen LogP contribution in [0, 0.1) is 18.7 Å². The van der Waals surface area contributed by atoms with Crippen molar-refractivity contribution in [1.82, 2.24) is 9.71 Å². The van der Waals surface area contributed by atoms with Gasteiger partial charge in [0, 0.05) is 18.0 Å². The third-order valence-corrected chi connectivity index (χ3v) is 9.07. The Morgan fingerprint density at radius 1 is 1.10 bits per heavy atom. The molecule has 1 aliphatic rings. The highest BCUT2D eigenvalue weighted by Crippen LogP contribution is 2.31. The summed E-state index contributed by atoms with van der Waals surface area (Å²) in [6.45, 7) is 2.60. The number of hydrogen-bond acceptors (Lipinski definition) is 7. The number of aryl methyl sites for hydroxylation is 1. The standard InChI is InChI=1S/C28H31F4N3O4S2/c1-19-25(26(36)34-41(37,38)18-22-8-5-9-23(29)16-22)33-27(40-19)35(15-14-20-6-3-2-4-7-20)17-21-10-12-24(13-11-21)39-28(30,31)32/h5,8-13,16,20H,2-4,6-7,14-15,17-18H2,1H3,(H,34,36). The first kappa shape index (κ1) is 30.8. The number of anilines is 1. The summed E-state index contributed by atoms with van der Waals surface area (Å²) in [5, 5.41) is 0.501. The monoisotopic (exact) mass is 613 g/mol. The van der Waals surface area contributed by atoms with Crippen molar-refractivity contribution in [2.24, 2.45) is 5.92 Å². The number of hydrogen-bond donors (Lipinski definition) is 1. The number of ether oxygens (including phenoxy) is 1. The van der Waals surface area contributed by atoms with Gasteiger partial charge in [-0.25, -0.2) is 22.5 Å². The van der Waals surface area contributed by atoms with E-state index in [0.29, 0.717) is 29.0 Å². The molecule has 222 valence electrons. The van der Waals surface area contributed by atoms with E-state index in [4.69, 9.17) is 0 Å². The van der Waals surface area contributed by atoms with Gasteiger partial charge in [-0.1, -0.05) is 56.4 Å². The number of amides is 1. The van der Waals surface area contributed by atoms with E-state index in [1.54, 1.807) is 19.1 Å². The molecule has 41 heavy (non-hydrogen) atoms. The lowest BCUT2D eigenvalue weighted by Gasteiger charge is -2.27. The molecule has 1 fully saturated rings. The fourth-order valence-corrected chi connectivity index (χ4v) is 6.87. The SMILES string of the molecule is Cc1sc(N(CCC2CCCCC2)Cc2ccc(OC(F)(F)F)cc2)nc1C(=O)NS(=O)(=O)Cc1cccc(F)c1. The van der Waals surface area contributed by atoms with Crippen molar-refractivity contribution in [3.63, 3.8) is 0 Å². The van der Waals surface area contributed by atoms with Gasteiger partial charge < -0.3 is 9.64 Å². The Morgan fingerprint density at radius 2 is 1.80 bits per heavy atom. The summed E-state index contributed by atoms with van der Waals surface area (Å²) in [5.74, 6) is -1.82. The zero-order valence-electron chi connectivity index (χ0n) is 22.4. The molecule has 2 aromatic carbocycles. The Balaban J connectivity index is 1.50. The van der Waals surface area contributed by atoms with E-state index in [0.717, 1.165) is 30.9 Å². The summed E-state index contributed by atoms with van der Waals surface area (Å²) in [6, 6.07) is 10.7. The van der Waals surface area contributed by atoms with E-state index in [1.807, 2.05) is 9.62 Å². The number of halogens is 4. The Kier molecular flexibility index (Phi) is 9.90. The molecule has 1 amide bonds. The normalized spacial score (nSPS) is 14.6. The lowest BCUT2D eigenvalue weighted by atomic mass is 9.87. The Morgan fingerprint density at radius 3 is 2.46 bits per heavy atom. The molecule has 13 heteroatoms. The van der Waals surface area contributed by atoms with Crippen molar-refractivity contribution in [1.29, 1.82) is 0 Å². The first-order valence-corrected chi connectivity index (χ1v) is 15.7. The van der Waals surface area contributed by atoms with Crippen molar-refractivity contribution >= 4 is 32.4 Å². The molecule has 0 radical (unpaired) electrons. The van der Waals surface area contributed by atoms with Crippen molar-refractivity contribution < 1.29 is 35.5 Å². The van der Waals surface area contributed by atoms with Crippen LogP contribution in [0.2, 0.25) is 0 Å². The fraction of sp³-hybridized carbons (Fsp3) is 0.429. The Bertz CT molecular complexity index is 1440. The molecule has 3 aromatic rings. The number of carbonyl (C=O) groups excluding carboxylic acids is 1. The fourth-order valence-electron chi connectivity index (χ4n) is 4.87. The topological polar surface area (TPSA) is 88.6 Å². The van der Waals surface area contributed by atoms with Gasteiger partial charge in [0.25, 0.3) is 5.91 Å². The van der Waals surface area contributed by atoms with Gasteiger partial charge in [-0.2, -0.15) is 0 Å². The molecular formula is C28H31F4N3O4S2. The third-order valence-electron chi connectivity index (χ3n) is 6.83. The molecule has 0 bridgehead atoms. The average molecular weight is 614 g/mol. The van der Waals surface area contributed by atoms with Gasteiger partial charge in [-0.3, -0.25) is 4.79 Å². The zero-order valence-corrected chi connectivity index (χ0v) is 24.0. The second-order valence-corrected chi connectivity index (χ2v) is 13.0. The van der Waals surface area contributed by atoms with Crippen LogP contribution >= 0.6 is 11.3 Å². The zero-order chi connectivity index (χ0) is 29.6. The predicted molar refractivity (Wildman–Crippen MR) is 149 cm³/mol. The van der Waals surface area contributed by atoms with E-state index in [1.165, 1.54) is 60.9 Å². The summed E-state index contributed by atoms with van der Waals surface area (Å²) in [6.07, 6.45) is 1.94. The van der Waals surface area contributed by atoms with Crippen molar-refractivity contribution in [3.05, 3.63) is 76.0 Å². The minimum absolute atomic E-state index is 0.0376. The molecule has 0 spiro atoms. The number of nitrogens with zero attached hydrogens (tertiary/aromatic N) is 2. The van der Waals surface area contributed by atoms with Crippen LogP contribution in [-0.2, 0) is 22.3 Å². The highest BCUT2D eigenvalue weighted by atomic mass is 32.2. The number of rotatable bonds is 11. The Hall–Kier alpha value is -3.19. The first-order valence-electron chi connectivity index (χ1n) is 13.2.